The summed E-state index contributed by atoms with van der Waals surface area (Å²) in [6, 6.07) is 8.88. The molecule has 1 aromatic heterocycles. The van der Waals surface area contributed by atoms with Gasteiger partial charge in [-0.15, -0.1) is 0 Å². The average molecular weight is 233 g/mol. The van der Waals surface area contributed by atoms with Gasteiger partial charge in [0.25, 0.3) is 0 Å². The molecule has 0 saturated carbocycles. The first kappa shape index (κ1) is 11.2. The van der Waals surface area contributed by atoms with Crippen molar-refractivity contribution in [2.24, 2.45) is 0 Å². The maximum Gasteiger partial charge on any atom is 0.358 e. The first-order chi connectivity index (χ1) is 8.15. The van der Waals surface area contributed by atoms with E-state index in [1.54, 1.807) is 0 Å². The molecule has 0 spiro atoms. The normalized spacial score (nSPS) is 10.2. The van der Waals surface area contributed by atoms with Gasteiger partial charge in [-0.25, -0.2) is 4.79 Å². The van der Waals surface area contributed by atoms with Crippen LogP contribution >= 0.6 is 0 Å². The molecule has 0 radical (unpaired) electrons. The van der Waals surface area contributed by atoms with E-state index in [1.807, 2.05) is 31.2 Å². The van der Waals surface area contributed by atoms with Crippen LogP contribution in [0.5, 0.6) is 5.75 Å². The number of hydrogen-bond donors (Lipinski definition) is 1. The van der Waals surface area contributed by atoms with Gasteiger partial charge >= 0.3 is 5.97 Å². The molecular weight excluding hydrogens is 222 g/mol. The molecule has 1 aromatic carbocycles. The third kappa shape index (κ3) is 2.84. The molecule has 1 heterocycles. The van der Waals surface area contributed by atoms with Gasteiger partial charge in [-0.1, -0.05) is 22.9 Å². The minimum Gasteiger partial charge on any atom is -0.486 e. The molecule has 1 N–H and O–H groups in total. The molecule has 5 nitrogen and oxygen atoms in total. The highest BCUT2D eigenvalue weighted by molar-refractivity contribution is 5.85. The Kier molecular flexibility index (Phi) is 3.09. The Labute approximate surface area is 97.6 Å². The maximum atomic E-state index is 10.6. The number of aromatic carboxylic acids is 1. The quantitative estimate of drug-likeness (QED) is 0.876. The van der Waals surface area contributed by atoms with E-state index in [9.17, 15) is 4.79 Å². The lowest BCUT2D eigenvalue weighted by molar-refractivity contribution is 0.0685. The van der Waals surface area contributed by atoms with Crippen molar-refractivity contribution in [3.8, 4) is 5.75 Å². The highest BCUT2D eigenvalue weighted by Crippen LogP contribution is 2.14. The Morgan fingerprint density at radius 3 is 2.71 bits per heavy atom. The number of nitrogens with zero attached hydrogens (tertiary/aromatic N) is 1. The highest BCUT2D eigenvalue weighted by Gasteiger charge is 2.10. The molecule has 2 rings (SSSR count). The van der Waals surface area contributed by atoms with Gasteiger partial charge in [0.1, 0.15) is 12.4 Å². The van der Waals surface area contributed by atoms with Gasteiger partial charge < -0.3 is 14.4 Å². The van der Waals surface area contributed by atoms with Gasteiger partial charge in [0.15, 0.2) is 11.5 Å². The van der Waals surface area contributed by atoms with Crippen molar-refractivity contribution < 1.29 is 19.2 Å². The first-order valence-electron chi connectivity index (χ1n) is 5.03. The predicted molar refractivity (Wildman–Crippen MR) is 59.0 cm³/mol. The maximum absolute atomic E-state index is 10.6. The zero-order valence-electron chi connectivity index (χ0n) is 9.21. The first-order valence-corrected chi connectivity index (χ1v) is 5.03. The molecule has 17 heavy (non-hydrogen) atoms. The predicted octanol–water partition coefficient (Wildman–Crippen LogP) is 2.26. The summed E-state index contributed by atoms with van der Waals surface area (Å²) in [6.45, 7) is 2.14. The fourth-order valence-corrected chi connectivity index (χ4v) is 1.27. The molecule has 0 aliphatic heterocycles. The number of aromatic nitrogens is 1. The number of hydrogen-bond acceptors (Lipinski definition) is 4. The van der Waals surface area contributed by atoms with E-state index in [2.05, 4.69) is 5.16 Å². The van der Waals surface area contributed by atoms with Crippen LogP contribution in [0.2, 0.25) is 0 Å². The molecule has 0 aliphatic carbocycles. The van der Waals surface area contributed by atoms with Crippen molar-refractivity contribution in [1.29, 1.82) is 0 Å². The lowest BCUT2D eigenvalue weighted by atomic mass is 10.2. The van der Waals surface area contributed by atoms with Gasteiger partial charge in [-0.05, 0) is 19.1 Å². The van der Waals surface area contributed by atoms with Crippen LogP contribution in [-0.2, 0) is 6.61 Å². The van der Waals surface area contributed by atoms with E-state index in [0.717, 1.165) is 5.56 Å². The third-order valence-corrected chi connectivity index (χ3v) is 2.18. The van der Waals surface area contributed by atoms with E-state index in [4.69, 9.17) is 14.4 Å². The summed E-state index contributed by atoms with van der Waals surface area (Å²) in [5.74, 6) is -0.0396. The van der Waals surface area contributed by atoms with Crippen LogP contribution in [0.15, 0.2) is 34.9 Å². The van der Waals surface area contributed by atoms with Crippen molar-refractivity contribution in [3.05, 3.63) is 47.3 Å². The molecule has 0 aliphatic rings. The minimum absolute atomic E-state index is 0.118. The number of benzene rings is 1. The SMILES string of the molecule is Cc1ccc(OCc2cc(C(=O)O)no2)cc1. The van der Waals surface area contributed by atoms with Crippen LogP contribution in [0.1, 0.15) is 21.8 Å². The molecule has 0 bridgehead atoms. The van der Waals surface area contributed by atoms with E-state index < -0.39 is 5.97 Å². The lowest BCUT2D eigenvalue weighted by Gasteiger charge is -2.03. The summed E-state index contributed by atoms with van der Waals surface area (Å²) >= 11 is 0. The summed E-state index contributed by atoms with van der Waals surface area (Å²) in [5, 5.41) is 12.0. The number of rotatable bonds is 4. The zero-order chi connectivity index (χ0) is 12.3. The summed E-state index contributed by atoms with van der Waals surface area (Å²) in [4.78, 5) is 10.6. The highest BCUT2D eigenvalue weighted by atomic mass is 16.5. The van der Waals surface area contributed by atoms with Crippen molar-refractivity contribution in [1.82, 2.24) is 5.16 Å². The largest absolute Gasteiger partial charge is 0.486 e. The summed E-state index contributed by atoms with van der Waals surface area (Å²) in [7, 11) is 0. The Bertz CT molecular complexity index is 516. The van der Waals surface area contributed by atoms with Crippen molar-refractivity contribution >= 4 is 5.97 Å². The van der Waals surface area contributed by atoms with E-state index in [-0.39, 0.29) is 12.3 Å². The lowest BCUT2D eigenvalue weighted by Crippen LogP contribution is -1.96. The van der Waals surface area contributed by atoms with Gasteiger partial charge in [-0.2, -0.15) is 0 Å². The minimum atomic E-state index is -1.12. The molecule has 0 unspecified atom stereocenters. The van der Waals surface area contributed by atoms with Crippen LogP contribution in [0.3, 0.4) is 0 Å². The van der Waals surface area contributed by atoms with Gasteiger partial charge in [0, 0.05) is 6.07 Å². The van der Waals surface area contributed by atoms with E-state index >= 15 is 0 Å². The van der Waals surface area contributed by atoms with Gasteiger partial charge in [0.2, 0.25) is 0 Å². The van der Waals surface area contributed by atoms with Crippen LogP contribution in [0, 0.1) is 6.92 Å². The molecule has 2 aromatic rings. The monoisotopic (exact) mass is 233 g/mol. The van der Waals surface area contributed by atoms with Gasteiger partial charge in [0.05, 0.1) is 0 Å². The summed E-state index contributed by atoms with van der Waals surface area (Å²) in [6.07, 6.45) is 0. The van der Waals surface area contributed by atoms with Gasteiger partial charge in [-0.3, -0.25) is 0 Å². The molecule has 0 saturated heterocycles. The van der Waals surface area contributed by atoms with Crippen molar-refractivity contribution in [2.75, 3.05) is 0 Å². The van der Waals surface area contributed by atoms with E-state index in [0.29, 0.717) is 11.5 Å². The Morgan fingerprint density at radius 1 is 1.41 bits per heavy atom. The summed E-state index contributed by atoms with van der Waals surface area (Å²) in [5.41, 5.74) is 1.03. The zero-order valence-corrected chi connectivity index (χ0v) is 9.21. The second-order valence-electron chi connectivity index (χ2n) is 3.59. The molecule has 5 heteroatoms. The standard InChI is InChI=1S/C12H11NO4/c1-8-2-4-9(5-3-8)16-7-10-6-11(12(14)15)13-17-10/h2-6H,7H2,1H3,(H,14,15). The number of ether oxygens (including phenoxy) is 1. The molecule has 88 valence electrons. The Balaban J connectivity index is 1.97. The number of aryl methyl sites for hydroxylation is 1. The van der Waals surface area contributed by atoms with Crippen LogP contribution in [0.4, 0.5) is 0 Å². The number of carboxylic acids is 1. The van der Waals surface area contributed by atoms with Crippen molar-refractivity contribution in [2.45, 2.75) is 13.5 Å². The third-order valence-electron chi connectivity index (χ3n) is 2.18. The Morgan fingerprint density at radius 2 is 2.12 bits per heavy atom. The molecule has 0 amide bonds. The van der Waals surface area contributed by atoms with Crippen LogP contribution in [0.25, 0.3) is 0 Å². The fraction of sp³-hybridized carbons (Fsp3) is 0.167. The summed E-state index contributed by atoms with van der Waals surface area (Å²) < 4.78 is 10.2. The van der Waals surface area contributed by atoms with Crippen LogP contribution < -0.4 is 4.74 Å². The molecular formula is C12H11NO4. The average Bonchev–Trinajstić information content (AvgIpc) is 2.77. The van der Waals surface area contributed by atoms with Crippen molar-refractivity contribution in [3.63, 3.8) is 0 Å². The Hall–Kier alpha value is -2.30. The molecule has 0 atom stereocenters. The van der Waals surface area contributed by atoms with Crippen LogP contribution in [-0.4, -0.2) is 16.2 Å². The smallest absolute Gasteiger partial charge is 0.358 e. The molecule has 0 fully saturated rings. The number of carboxylic acid groups (broad SMARTS) is 1. The van der Waals surface area contributed by atoms with E-state index in [1.165, 1.54) is 6.07 Å². The second kappa shape index (κ2) is 4.69. The number of carbonyl (C=O) groups is 1. The topological polar surface area (TPSA) is 72.6 Å². The fourth-order valence-electron chi connectivity index (χ4n) is 1.27. The second-order valence-corrected chi connectivity index (χ2v) is 3.59.